The highest BCUT2D eigenvalue weighted by Crippen LogP contribution is 2.21. The summed E-state index contributed by atoms with van der Waals surface area (Å²) in [5.74, 6) is -0.390. The smallest absolute Gasteiger partial charge is 0.254 e. The lowest BCUT2D eigenvalue weighted by Gasteiger charge is -2.25. The summed E-state index contributed by atoms with van der Waals surface area (Å²) in [5.41, 5.74) is 3.78. The Hall–Kier alpha value is -3.47. The van der Waals surface area contributed by atoms with Crippen LogP contribution >= 0.6 is 0 Å². The Kier molecular flexibility index (Phi) is 5.89. The molecule has 1 aliphatic heterocycles. The number of nitrogens with zero attached hydrogens (tertiary/aromatic N) is 2. The van der Waals surface area contributed by atoms with E-state index >= 15 is 0 Å². The molecule has 0 fully saturated rings. The quantitative estimate of drug-likeness (QED) is 0.584. The average molecular weight is 402 g/mol. The molecule has 0 aliphatic carbocycles. The van der Waals surface area contributed by atoms with Gasteiger partial charge in [0.05, 0.1) is 12.3 Å². The van der Waals surface area contributed by atoms with Crippen LogP contribution in [-0.4, -0.2) is 29.2 Å². The van der Waals surface area contributed by atoms with Crippen molar-refractivity contribution in [3.05, 3.63) is 107 Å². The van der Waals surface area contributed by atoms with Gasteiger partial charge in [-0.1, -0.05) is 71.4 Å². The number of hydrogen-bond donors (Lipinski definition) is 0. The van der Waals surface area contributed by atoms with Gasteiger partial charge in [-0.3, -0.25) is 4.79 Å². The van der Waals surface area contributed by atoms with Crippen LogP contribution in [0.25, 0.3) is 0 Å². The third-order valence-electron chi connectivity index (χ3n) is 5.14. The number of carbonyl (C=O) groups excluding carboxylic acids is 1. The fourth-order valence-electron chi connectivity index (χ4n) is 3.53. The molecule has 0 N–H and O–H groups in total. The predicted octanol–water partition coefficient (Wildman–Crippen LogP) is 4.97. The van der Waals surface area contributed by atoms with E-state index in [0.717, 1.165) is 11.1 Å². The van der Waals surface area contributed by atoms with Crippen molar-refractivity contribution in [3.63, 3.8) is 0 Å². The molecule has 1 heterocycles. The van der Waals surface area contributed by atoms with E-state index in [1.807, 2.05) is 61.5 Å². The highest BCUT2D eigenvalue weighted by Gasteiger charge is 2.28. The zero-order valence-corrected chi connectivity index (χ0v) is 16.8. The number of amides is 1. The molecule has 30 heavy (non-hydrogen) atoms. The van der Waals surface area contributed by atoms with Crippen molar-refractivity contribution in [1.82, 2.24) is 4.90 Å². The van der Waals surface area contributed by atoms with Gasteiger partial charge < -0.3 is 9.74 Å². The third kappa shape index (κ3) is 4.57. The molecule has 0 saturated heterocycles. The second kappa shape index (κ2) is 8.91. The van der Waals surface area contributed by atoms with Gasteiger partial charge in [-0.05, 0) is 30.7 Å². The van der Waals surface area contributed by atoms with Gasteiger partial charge in [0.25, 0.3) is 5.91 Å². The van der Waals surface area contributed by atoms with Crippen LogP contribution in [0, 0.1) is 12.7 Å². The molecule has 1 atom stereocenters. The Balaban J connectivity index is 1.51. The van der Waals surface area contributed by atoms with Gasteiger partial charge in [0.2, 0.25) is 0 Å². The molecule has 0 aromatic heterocycles. The molecule has 0 bridgehead atoms. The van der Waals surface area contributed by atoms with Gasteiger partial charge in [-0.2, -0.15) is 0 Å². The van der Waals surface area contributed by atoms with Gasteiger partial charge in [-0.15, -0.1) is 0 Å². The first-order valence-corrected chi connectivity index (χ1v) is 9.97. The minimum absolute atomic E-state index is 0.0678. The van der Waals surface area contributed by atoms with Crippen LogP contribution in [0.15, 0.2) is 84.0 Å². The van der Waals surface area contributed by atoms with E-state index in [2.05, 4.69) is 5.16 Å². The van der Waals surface area contributed by atoms with Crippen molar-refractivity contribution in [1.29, 1.82) is 0 Å². The molecular weight excluding hydrogens is 379 g/mol. The first-order valence-electron chi connectivity index (χ1n) is 9.97. The van der Waals surface area contributed by atoms with Crippen LogP contribution in [0.4, 0.5) is 4.39 Å². The molecule has 3 aromatic rings. The molecule has 0 unspecified atom stereocenters. The summed E-state index contributed by atoms with van der Waals surface area (Å²) in [4.78, 5) is 20.6. The van der Waals surface area contributed by atoms with Gasteiger partial charge in [0.1, 0.15) is 5.82 Å². The summed E-state index contributed by atoms with van der Waals surface area (Å²) >= 11 is 0. The van der Waals surface area contributed by atoms with Gasteiger partial charge in [-0.25, -0.2) is 4.39 Å². The highest BCUT2D eigenvalue weighted by atomic mass is 19.1. The second-order valence-electron chi connectivity index (χ2n) is 7.49. The topological polar surface area (TPSA) is 41.9 Å². The number of benzene rings is 3. The third-order valence-corrected chi connectivity index (χ3v) is 5.14. The molecule has 4 rings (SSSR count). The number of aryl methyl sites for hydroxylation is 1. The summed E-state index contributed by atoms with van der Waals surface area (Å²) in [6, 6.07) is 23.9. The van der Waals surface area contributed by atoms with Crippen LogP contribution in [0.1, 0.15) is 33.5 Å². The van der Waals surface area contributed by atoms with E-state index in [0.29, 0.717) is 36.3 Å². The molecule has 1 amide bonds. The minimum atomic E-state index is -0.322. The van der Waals surface area contributed by atoms with Crippen molar-refractivity contribution in [3.8, 4) is 0 Å². The molecule has 1 aliphatic rings. The first-order chi connectivity index (χ1) is 14.6. The van der Waals surface area contributed by atoms with Crippen molar-refractivity contribution < 1.29 is 14.0 Å². The number of oxime groups is 1. The van der Waals surface area contributed by atoms with E-state index in [1.54, 1.807) is 23.1 Å². The van der Waals surface area contributed by atoms with Crippen LogP contribution in [0.3, 0.4) is 0 Å². The molecule has 0 spiro atoms. The fraction of sp³-hybridized carbons (Fsp3) is 0.200. The van der Waals surface area contributed by atoms with Crippen LogP contribution in [0.2, 0.25) is 0 Å². The average Bonchev–Trinajstić information content (AvgIpc) is 3.23. The summed E-state index contributed by atoms with van der Waals surface area (Å²) in [6.07, 6.45) is 0.130. The second-order valence-corrected chi connectivity index (χ2v) is 7.49. The maximum atomic E-state index is 14.1. The van der Waals surface area contributed by atoms with E-state index in [4.69, 9.17) is 4.84 Å². The van der Waals surface area contributed by atoms with Crippen LogP contribution in [0.5, 0.6) is 0 Å². The van der Waals surface area contributed by atoms with Gasteiger partial charge in [0, 0.05) is 24.1 Å². The van der Waals surface area contributed by atoms with E-state index in [9.17, 15) is 9.18 Å². The van der Waals surface area contributed by atoms with E-state index in [-0.39, 0.29) is 17.8 Å². The number of halogens is 1. The summed E-state index contributed by atoms with van der Waals surface area (Å²) < 4.78 is 14.1. The van der Waals surface area contributed by atoms with E-state index < -0.39 is 0 Å². The Morgan fingerprint density at radius 3 is 2.47 bits per heavy atom. The summed E-state index contributed by atoms with van der Waals surface area (Å²) in [7, 11) is 0. The lowest BCUT2D eigenvalue weighted by Crippen LogP contribution is -2.37. The summed E-state index contributed by atoms with van der Waals surface area (Å²) in [5, 5.41) is 4.09. The lowest BCUT2D eigenvalue weighted by atomic mass is 10.0. The number of carbonyl (C=O) groups is 1. The molecule has 3 aromatic carbocycles. The van der Waals surface area contributed by atoms with Crippen molar-refractivity contribution in [2.45, 2.75) is 26.0 Å². The monoisotopic (exact) mass is 402 g/mol. The Labute approximate surface area is 175 Å². The Morgan fingerprint density at radius 1 is 1.03 bits per heavy atom. The fourth-order valence-corrected chi connectivity index (χ4v) is 3.53. The minimum Gasteiger partial charge on any atom is -0.390 e. The first kappa shape index (κ1) is 19.8. The molecular formula is C25H23FN2O2. The SMILES string of the molecule is Cc1ccc(C(=O)N(Cc2ccccc2)C[C@@H]2CC(c3ccccc3F)=NO2)cc1. The Morgan fingerprint density at radius 2 is 1.73 bits per heavy atom. The molecule has 0 saturated carbocycles. The molecule has 152 valence electrons. The van der Waals surface area contributed by atoms with Crippen molar-refractivity contribution >= 4 is 11.6 Å². The largest absolute Gasteiger partial charge is 0.390 e. The van der Waals surface area contributed by atoms with Crippen LogP contribution < -0.4 is 0 Å². The summed E-state index contributed by atoms with van der Waals surface area (Å²) in [6.45, 7) is 2.81. The van der Waals surface area contributed by atoms with Gasteiger partial charge in [0.15, 0.2) is 6.10 Å². The maximum Gasteiger partial charge on any atom is 0.254 e. The van der Waals surface area contributed by atoms with E-state index in [1.165, 1.54) is 6.07 Å². The zero-order valence-electron chi connectivity index (χ0n) is 16.8. The lowest BCUT2D eigenvalue weighted by molar-refractivity contribution is 0.0405. The van der Waals surface area contributed by atoms with Crippen LogP contribution in [-0.2, 0) is 11.4 Å². The zero-order chi connectivity index (χ0) is 20.9. The predicted molar refractivity (Wildman–Crippen MR) is 115 cm³/mol. The Bertz CT molecular complexity index is 1050. The van der Waals surface area contributed by atoms with Crippen molar-refractivity contribution in [2.24, 2.45) is 5.16 Å². The normalized spacial score (nSPS) is 15.4. The van der Waals surface area contributed by atoms with Crippen molar-refractivity contribution in [2.75, 3.05) is 6.54 Å². The van der Waals surface area contributed by atoms with Gasteiger partial charge >= 0.3 is 0 Å². The number of rotatable bonds is 6. The maximum absolute atomic E-state index is 14.1. The highest BCUT2D eigenvalue weighted by molar-refractivity contribution is 6.01. The molecule has 0 radical (unpaired) electrons. The molecule has 5 heteroatoms. The standard InChI is InChI=1S/C25H23FN2O2/c1-18-11-13-20(14-12-18)25(29)28(16-19-7-3-2-4-8-19)17-21-15-24(27-30-21)22-9-5-6-10-23(22)26/h2-14,21H,15-17H2,1H3/t21-/m0/s1. The molecule has 4 nitrogen and oxygen atoms in total. The number of hydrogen-bond acceptors (Lipinski definition) is 3.